The lowest BCUT2D eigenvalue weighted by atomic mass is 10.2. The van der Waals surface area contributed by atoms with Gasteiger partial charge in [0, 0.05) is 7.11 Å². The van der Waals surface area contributed by atoms with Gasteiger partial charge in [-0.25, -0.2) is 0 Å². The zero-order valence-corrected chi connectivity index (χ0v) is 12.4. The summed E-state index contributed by atoms with van der Waals surface area (Å²) in [6.07, 6.45) is 0.886. The maximum atomic E-state index is 10.4. The molecule has 8 heteroatoms. The number of hydrogen-bond acceptors (Lipinski definition) is 6. The van der Waals surface area contributed by atoms with Crippen molar-refractivity contribution < 1.29 is 9.84 Å². The Morgan fingerprint density at radius 3 is 3.00 bits per heavy atom. The molecule has 18 heavy (non-hydrogen) atoms. The van der Waals surface area contributed by atoms with E-state index in [1.54, 1.807) is 18.0 Å². The van der Waals surface area contributed by atoms with Crippen molar-refractivity contribution >= 4 is 27.5 Å². The molecule has 0 fully saturated rings. The molecule has 2 aromatic rings. The van der Waals surface area contributed by atoms with Crippen molar-refractivity contribution in [2.45, 2.75) is 19.6 Å². The minimum absolute atomic E-state index is 0.535. The first-order chi connectivity index (χ1) is 8.65. The second-order valence-electron chi connectivity index (χ2n) is 3.72. The molecule has 1 atom stereocenters. The smallest absolute Gasteiger partial charge is 0.134 e. The molecule has 0 saturated heterocycles. The molecule has 1 N–H and O–H groups in total. The third-order valence-corrected chi connectivity index (χ3v) is 4.02. The van der Waals surface area contributed by atoms with Gasteiger partial charge in [0.05, 0.1) is 40.1 Å². The van der Waals surface area contributed by atoms with E-state index in [2.05, 4.69) is 30.6 Å². The van der Waals surface area contributed by atoms with Gasteiger partial charge in [-0.3, -0.25) is 4.68 Å². The number of aryl methyl sites for hydroxylation is 1. The van der Waals surface area contributed by atoms with Crippen LogP contribution in [-0.4, -0.2) is 38.2 Å². The number of ether oxygens (including phenoxy) is 1. The third-order valence-electron chi connectivity index (χ3n) is 2.53. The molecule has 0 aromatic carbocycles. The Morgan fingerprint density at radius 2 is 2.39 bits per heavy atom. The van der Waals surface area contributed by atoms with Gasteiger partial charge in [-0.05, 0) is 34.4 Å². The molecule has 1 unspecified atom stereocenters. The summed E-state index contributed by atoms with van der Waals surface area (Å²) in [6, 6.07) is 0. The lowest BCUT2D eigenvalue weighted by Crippen LogP contribution is -2.13. The van der Waals surface area contributed by atoms with Crippen LogP contribution in [0.15, 0.2) is 10.7 Å². The molecule has 0 bridgehead atoms. The quantitative estimate of drug-likeness (QED) is 0.898. The number of methoxy groups -OCH3 is 1. The lowest BCUT2D eigenvalue weighted by Gasteiger charge is -2.12. The molecule has 0 amide bonds. The highest BCUT2D eigenvalue weighted by Crippen LogP contribution is 2.31. The van der Waals surface area contributed by atoms with Crippen LogP contribution < -0.4 is 0 Å². The molecule has 6 nitrogen and oxygen atoms in total. The summed E-state index contributed by atoms with van der Waals surface area (Å²) in [4.78, 5) is 0.731. The van der Waals surface area contributed by atoms with Gasteiger partial charge in [0.1, 0.15) is 6.10 Å². The lowest BCUT2D eigenvalue weighted by molar-refractivity contribution is 0.171. The van der Waals surface area contributed by atoms with Crippen LogP contribution >= 0.6 is 27.5 Å². The minimum atomic E-state index is -0.779. The summed E-state index contributed by atoms with van der Waals surface area (Å²) in [6.45, 7) is 2.94. The molecule has 98 valence electrons. The molecule has 0 aliphatic rings. The highest BCUT2D eigenvalue weighted by Gasteiger charge is 2.23. The Hall–Kier alpha value is -0.830. The summed E-state index contributed by atoms with van der Waals surface area (Å²) in [7, 11) is 1.63. The van der Waals surface area contributed by atoms with Gasteiger partial charge >= 0.3 is 0 Å². The van der Waals surface area contributed by atoms with Crippen LogP contribution in [0, 0.1) is 6.92 Å². The monoisotopic (exact) mass is 332 g/mol. The van der Waals surface area contributed by atoms with Gasteiger partial charge in [-0.2, -0.15) is 5.10 Å². The normalized spacial score (nSPS) is 12.9. The molecule has 2 aromatic heterocycles. The Morgan fingerprint density at radius 1 is 1.61 bits per heavy atom. The fourth-order valence-electron chi connectivity index (χ4n) is 1.61. The summed E-state index contributed by atoms with van der Waals surface area (Å²) >= 11 is 4.59. The first kappa shape index (κ1) is 13.6. The molecular weight excluding hydrogens is 320 g/mol. The summed E-state index contributed by atoms with van der Waals surface area (Å²) in [5.41, 5.74) is 1.43. The van der Waals surface area contributed by atoms with Gasteiger partial charge in [-0.1, -0.05) is 4.49 Å². The number of aromatic nitrogens is 4. The molecule has 0 saturated carbocycles. The Balaban J connectivity index is 2.32. The zero-order valence-electron chi connectivity index (χ0n) is 10.00. The fourth-order valence-corrected chi connectivity index (χ4v) is 2.76. The molecule has 0 aliphatic heterocycles. The Kier molecular flexibility index (Phi) is 4.44. The van der Waals surface area contributed by atoms with E-state index < -0.39 is 6.10 Å². The summed E-state index contributed by atoms with van der Waals surface area (Å²) < 4.78 is 11.3. The Bertz CT molecular complexity index is 528. The van der Waals surface area contributed by atoms with Crippen LogP contribution in [0.2, 0.25) is 0 Å². The molecule has 0 radical (unpaired) electrons. The third kappa shape index (κ3) is 2.61. The highest BCUT2D eigenvalue weighted by atomic mass is 79.9. The van der Waals surface area contributed by atoms with Gasteiger partial charge < -0.3 is 9.84 Å². The average Bonchev–Trinajstić information content (AvgIpc) is 2.92. The van der Waals surface area contributed by atoms with Crippen molar-refractivity contribution in [1.82, 2.24) is 19.4 Å². The number of aliphatic hydroxyl groups is 1. The van der Waals surface area contributed by atoms with E-state index in [0.29, 0.717) is 18.8 Å². The number of halogens is 1. The number of rotatable bonds is 5. The van der Waals surface area contributed by atoms with E-state index in [1.165, 1.54) is 11.5 Å². The number of nitrogens with zero attached hydrogens (tertiary/aromatic N) is 4. The number of aliphatic hydroxyl groups excluding tert-OH is 1. The van der Waals surface area contributed by atoms with E-state index in [9.17, 15) is 5.11 Å². The first-order valence-corrected chi connectivity index (χ1v) is 6.88. The van der Waals surface area contributed by atoms with E-state index in [0.717, 1.165) is 15.0 Å². The van der Waals surface area contributed by atoms with Crippen molar-refractivity contribution in [2.24, 2.45) is 0 Å². The van der Waals surface area contributed by atoms with Crippen LogP contribution in [0.3, 0.4) is 0 Å². The number of hydrogen-bond donors (Lipinski definition) is 1. The minimum Gasteiger partial charge on any atom is -0.383 e. The van der Waals surface area contributed by atoms with Crippen LogP contribution in [0.5, 0.6) is 0 Å². The molecule has 2 heterocycles. The SMILES string of the molecule is COCCn1ncc(Br)c1C(O)c1snnc1C. The van der Waals surface area contributed by atoms with Crippen LogP contribution in [0.25, 0.3) is 0 Å². The zero-order chi connectivity index (χ0) is 13.1. The second-order valence-corrected chi connectivity index (χ2v) is 5.36. The highest BCUT2D eigenvalue weighted by molar-refractivity contribution is 9.10. The maximum absolute atomic E-state index is 10.4. The van der Waals surface area contributed by atoms with Crippen molar-refractivity contribution in [3.8, 4) is 0 Å². The predicted octanol–water partition coefficient (Wildman–Crippen LogP) is 1.53. The van der Waals surface area contributed by atoms with Crippen LogP contribution in [0.4, 0.5) is 0 Å². The van der Waals surface area contributed by atoms with Gasteiger partial charge in [-0.15, -0.1) is 5.10 Å². The van der Waals surface area contributed by atoms with Gasteiger partial charge in [0.2, 0.25) is 0 Å². The van der Waals surface area contributed by atoms with Gasteiger partial charge in [0.25, 0.3) is 0 Å². The summed E-state index contributed by atoms with van der Waals surface area (Å²) in [5, 5.41) is 18.5. The first-order valence-electron chi connectivity index (χ1n) is 5.32. The molecule has 2 rings (SSSR count). The largest absolute Gasteiger partial charge is 0.383 e. The van der Waals surface area contributed by atoms with Crippen molar-refractivity contribution in [2.75, 3.05) is 13.7 Å². The Labute approximate surface area is 117 Å². The average molecular weight is 333 g/mol. The topological polar surface area (TPSA) is 73.1 Å². The van der Waals surface area contributed by atoms with Crippen LogP contribution in [-0.2, 0) is 11.3 Å². The molecule has 0 spiro atoms. The summed E-state index contributed by atoms with van der Waals surface area (Å²) in [5.74, 6) is 0. The van der Waals surface area contributed by atoms with Crippen molar-refractivity contribution in [3.63, 3.8) is 0 Å². The van der Waals surface area contributed by atoms with Crippen LogP contribution in [0.1, 0.15) is 22.4 Å². The van der Waals surface area contributed by atoms with Crippen molar-refractivity contribution in [1.29, 1.82) is 0 Å². The van der Waals surface area contributed by atoms with Gasteiger partial charge in [0.15, 0.2) is 0 Å². The second kappa shape index (κ2) is 5.87. The standard InChI is InChI=1S/C10H13BrN4O2S/c1-6-10(18-14-13-6)9(16)8-7(11)5-12-15(8)3-4-17-2/h5,9,16H,3-4H2,1-2H3. The molecular formula is C10H13BrN4O2S. The van der Waals surface area contributed by atoms with Crippen molar-refractivity contribution in [3.05, 3.63) is 26.9 Å². The molecule has 0 aliphatic carbocycles. The van der Waals surface area contributed by atoms with E-state index >= 15 is 0 Å². The van der Waals surface area contributed by atoms with E-state index in [4.69, 9.17) is 4.74 Å². The van der Waals surface area contributed by atoms with E-state index in [1.807, 2.05) is 6.92 Å². The van der Waals surface area contributed by atoms with E-state index in [-0.39, 0.29) is 0 Å². The maximum Gasteiger partial charge on any atom is 0.134 e. The predicted molar refractivity (Wildman–Crippen MR) is 70.5 cm³/mol. The fraction of sp³-hybridized carbons (Fsp3) is 0.500.